The Hall–Kier alpha value is -2.13. The highest BCUT2D eigenvalue weighted by Gasteiger charge is 2.43. The van der Waals surface area contributed by atoms with E-state index in [-0.39, 0.29) is 19.0 Å². The lowest BCUT2D eigenvalue weighted by Crippen LogP contribution is -2.39. The van der Waals surface area contributed by atoms with Gasteiger partial charge in [-0.05, 0) is 6.92 Å². The van der Waals surface area contributed by atoms with Crippen LogP contribution in [-0.4, -0.2) is 46.8 Å². The van der Waals surface area contributed by atoms with Gasteiger partial charge in [-0.15, -0.1) is 0 Å². The maximum atomic E-state index is 12.0. The number of hydrogen-bond acceptors (Lipinski definition) is 7. The van der Waals surface area contributed by atoms with Crippen molar-refractivity contribution in [3.63, 3.8) is 0 Å². The average Bonchev–Trinajstić information content (AvgIpc) is 2.75. The molecule has 2 heterocycles. The summed E-state index contributed by atoms with van der Waals surface area (Å²) >= 11 is 0. The van der Waals surface area contributed by atoms with E-state index in [1.54, 1.807) is 6.92 Å². The van der Waals surface area contributed by atoms with E-state index in [1.165, 1.54) is 0 Å². The maximum Gasteiger partial charge on any atom is 0.493 e. The van der Waals surface area contributed by atoms with Gasteiger partial charge in [0.2, 0.25) is 5.89 Å². The predicted molar refractivity (Wildman–Crippen MR) is 54.0 cm³/mol. The molecule has 0 aromatic carbocycles. The van der Waals surface area contributed by atoms with Crippen molar-refractivity contribution in [2.75, 3.05) is 13.1 Å². The van der Waals surface area contributed by atoms with E-state index >= 15 is 0 Å². The molecule has 104 valence electrons. The van der Waals surface area contributed by atoms with Crippen molar-refractivity contribution in [2.45, 2.75) is 19.0 Å². The second kappa shape index (κ2) is 4.86. The lowest BCUT2D eigenvalue weighted by Gasteiger charge is -2.25. The highest BCUT2D eigenvalue weighted by Crippen LogP contribution is 2.21. The number of carbonyl (C=O) groups is 1. The van der Waals surface area contributed by atoms with E-state index in [0.717, 1.165) is 6.34 Å². The molecule has 0 saturated heterocycles. The molecule has 1 unspecified atom stereocenters. The maximum absolute atomic E-state index is 12.0. The first kappa shape index (κ1) is 13.3. The summed E-state index contributed by atoms with van der Waals surface area (Å²) in [5, 5.41) is 4.27. The number of aliphatic imine (C=N–C) groups is 1. The molecule has 7 nitrogen and oxygen atoms in total. The smallest absolute Gasteiger partial charge is 0.339 e. The third-order valence-electron chi connectivity index (χ3n) is 2.26. The average molecular weight is 278 g/mol. The first-order valence-corrected chi connectivity index (χ1v) is 5.22. The zero-order valence-electron chi connectivity index (χ0n) is 9.72. The summed E-state index contributed by atoms with van der Waals surface area (Å²) in [5.74, 6) is -2.08. The van der Waals surface area contributed by atoms with Crippen molar-refractivity contribution in [3.8, 4) is 0 Å². The Morgan fingerprint density at radius 2 is 2.32 bits per heavy atom. The Morgan fingerprint density at radius 3 is 2.89 bits per heavy atom. The third kappa shape index (κ3) is 3.20. The van der Waals surface area contributed by atoms with Crippen molar-refractivity contribution in [1.29, 1.82) is 0 Å². The van der Waals surface area contributed by atoms with Crippen LogP contribution in [0, 0.1) is 6.92 Å². The van der Waals surface area contributed by atoms with Gasteiger partial charge in [-0.2, -0.15) is 23.2 Å². The summed E-state index contributed by atoms with van der Waals surface area (Å²) in [6.45, 7) is 1.84. The number of alkyl halides is 3. The largest absolute Gasteiger partial charge is 0.493 e. The minimum absolute atomic E-state index is 0.0348. The van der Waals surface area contributed by atoms with Crippen molar-refractivity contribution < 1.29 is 27.3 Å². The van der Waals surface area contributed by atoms with Gasteiger partial charge in [0.05, 0.1) is 19.0 Å². The lowest BCUT2D eigenvalue weighted by atomic mass is 10.1. The topological polar surface area (TPSA) is 80.8 Å². The fourth-order valence-electron chi connectivity index (χ4n) is 1.44. The zero-order valence-corrected chi connectivity index (χ0v) is 9.72. The van der Waals surface area contributed by atoms with Crippen molar-refractivity contribution in [1.82, 2.24) is 15.2 Å². The SMILES string of the molecule is Cc1noc(C2CN=CN(OC(=O)C(F)(F)F)C2)n1. The standard InChI is InChI=1S/C9H9F3N4O3/c1-5-14-7(18-15-5)6-2-13-4-16(3-6)19-8(17)9(10,11)12/h4,6H,2-3H2,1H3. The van der Waals surface area contributed by atoms with E-state index in [9.17, 15) is 18.0 Å². The number of carbonyl (C=O) groups excluding carboxylic acids is 1. The Kier molecular flexibility index (Phi) is 3.40. The molecule has 2 rings (SSSR count). The second-order valence-corrected chi connectivity index (χ2v) is 3.83. The number of hydrogen-bond donors (Lipinski definition) is 0. The van der Waals surface area contributed by atoms with Crippen LogP contribution < -0.4 is 0 Å². The normalized spacial score (nSPS) is 19.6. The molecule has 0 spiro atoms. The van der Waals surface area contributed by atoms with Crippen LogP contribution in [-0.2, 0) is 9.63 Å². The van der Waals surface area contributed by atoms with Crippen LogP contribution >= 0.6 is 0 Å². The Bertz CT molecular complexity index is 499. The highest BCUT2D eigenvalue weighted by molar-refractivity contribution is 5.76. The van der Waals surface area contributed by atoms with Crippen molar-refractivity contribution >= 4 is 12.3 Å². The van der Waals surface area contributed by atoms with Gasteiger partial charge in [0.1, 0.15) is 6.34 Å². The van der Waals surface area contributed by atoms with Gasteiger partial charge in [0.15, 0.2) is 5.82 Å². The first-order chi connectivity index (χ1) is 8.86. The second-order valence-electron chi connectivity index (χ2n) is 3.83. The fraction of sp³-hybridized carbons (Fsp3) is 0.556. The number of aromatic nitrogens is 2. The van der Waals surface area contributed by atoms with Crippen LogP contribution in [0.3, 0.4) is 0 Å². The van der Waals surface area contributed by atoms with E-state index in [0.29, 0.717) is 10.9 Å². The molecule has 0 amide bonds. The van der Waals surface area contributed by atoms with Gasteiger partial charge < -0.3 is 9.36 Å². The van der Waals surface area contributed by atoms with Gasteiger partial charge in [-0.3, -0.25) is 4.99 Å². The zero-order chi connectivity index (χ0) is 14.0. The van der Waals surface area contributed by atoms with E-state index in [4.69, 9.17) is 4.52 Å². The van der Waals surface area contributed by atoms with Crippen molar-refractivity contribution in [2.24, 2.45) is 4.99 Å². The minimum Gasteiger partial charge on any atom is -0.339 e. The van der Waals surface area contributed by atoms with Crippen LogP contribution in [0.4, 0.5) is 13.2 Å². The van der Waals surface area contributed by atoms with Gasteiger partial charge in [-0.1, -0.05) is 5.16 Å². The molecule has 0 N–H and O–H groups in total. The molecule has 1 aliphatic rings. The van der Waals surface area contributed by atoms with Crippen LogP contribution in [0.1, 0.15) is 17.6 Å². The van der Waals surface area contributed by atoms with E-state index in [2.05, 4.69) is 20.0 Å². The Balaban J connectivity index is 2.00. The number of nitrogens with zero attached hydrogens (tertiary/aromatic N) is 4. The number of aryl methyl sites for hydroxylation is 1. The van der Waals surface area contributed by atoms with Gasteiger partial charge in [-0.25, -0.2) is 4.79 Å². The summed E-state index contributed by atoms with van der Waals surface area (Å²) in [7, 11) is 0. The number of rotatable bonds is 2. The van der Waals surface area contributed by atoms with Crippen LogP contribution in [0.25, 0.3) is 0 Å². The van der Waals surface area contributed by atoms with E-state index < -0.39 is 18.1 Å². The monoisotopic (exact) mass is 278 g/mol. The summed E-state index contributed by atoms with van der Waals surface area (Å²) < 4.78 is 41.0. The predicted octanol–water partition coefficient (Wildman–Crippen LogP) is 0.826. The van der Waals surface area contributed by atoms with E-state index in [1.807, 2.05) is 0 Å². The van der Waals surface area contributed by atoms with Crippen molar-refractivity contribution in [3.05, 3.63) is 11.7 Å². The molecule has 1 atom stereocenters. The first-order valence-electron chi connectivity index (χ1n) is 5.22. The quantitative estimate of drug-likeness (QED) is 0.797. The van der Waals surface area contributed by atoms with Crippen LogP contribution in [0.2, 0.25) is 0 Å². The van der Waals surface area contributed by atoms with Gasteiger partial charge in [0, 0.05) is 0 Å². The molecule has 0 fully saturated rings. The number of halogens is 3. The molecule has 0 aliphatic carbocycles. The highest BCUT2D eigenvalue weighted by atomic mass is 19.4. The van der Waals surface area contributed by atoms with Gasteiger partial charge >= 0.3 is 12.1 Å². The molecular weight excluding hydrogens is 269 g/mol. The lowest BCUT2D eigenvalue weighted by molar-refractivity contribution is -0.225. The third-order valence-corrected chi connectivity index (χ3v) is 2.26. The molecule has 0 bridgehead atoms. The van der Waals surface area contributed by atoms with Gasteiger partial charge in [0.25, 0.3) is 0 Å². The molecular formula is C9H9F3N4O3. The molecule has 1 aromatic rings. The fourth-order valence-corrected chi connectivity index (χ4v) is 1.44. The number of hydroxylamine groups is 2. The Labute approximate surface area is 105 Å². The molecule has 10 heteroatoms. The summed E-state index contributed by atoms with van der Waals surface area (Å²) in [4.78, 5) is 22.6. The van der Waals surface area contributed by atoms with Crippen LogP contribution in [0.15, 0.2) is 9.52 Å². The molecule has 1 aliphatic heterocycles. The summed E-state index contributed by atoms with van der Waals surface area (Å²) in [6.07, 6.45) is -4.04. The summed E-state index contributed by atoms with van der Waals surface area (Å²) in [5.41, 5.74) is 0. The Morgan fingerprint density at radius 1 is 1.58 bits per heavy atom. The van der Waals surface area contributed by atoms with Crippen LogP contribution in [0.5, 0.6) is 0 Å². The molecule has 0 radical (unpaired) electrons. The summed E-state index contributed by atoms with van der Waals surface area (Å²) in [6, 6.07) is 0. The molecule has 19 heavy (non-hydrogen) atoms. The minimum atomic E-state index is -5.05. The molecule has 0 saturated carbocycles. The molecule has 1 aromatic heterocycles.